The lowest BCUT2D eigenvalue weighted by molar-refractivity contribution is 0.102. The SMILES string of the molecule is CNCc1cnc(N2CCC3C(CCCN3C)C2)nc1. The highest BCUT2D eigenvalue weighted by molar-refractivity contribution is 5.31. The maximum absolute atomic E-state index is 4.54. The van der Waals surface area contributed by atoms with Crippen LogP contribution in [-0.2, 0) is 6.54 Å². The van der Waals surface area contributed by atoms with E-state index >= 15 is 0 Å². The molecule has 0 amide bonds. The van der Waals surface area contributed by atoms with Gasteiger partial charge in [-0.1, -0.05) is 0 Å². The maximum Gasteiger partial charge on any atom is 0.225 e. The maximum atomic E-state index is 4.54. The van der Waals surface area contributed by atoms with Crippen molar-refractivity contribution in [2.24, 2.45) is 5.92 Å². The summed E-state index contributed by atoms with van der Waals surface area (Å²) >= 11 is 0. The fraction of sp³-hybridized carbons (Fsp3) is 0.733. The van der Waals surface area contributed by atoms with Crippen LogP contribution in [-0.4, -0.2) is 54.6 Å². The monoisotopic (exact) mass is 275 g/mol. The molecule has 0 aromatic carbocycles. The van der Waals surface area contributed by atoms with Crippen LogP contribution in [0.2, 0.25) is 0 Å². The first-order valence-corrected chi connectivity index (χ1v) is 7.68. The average molecular weight is 275 g/mol. The van der Waals surface area contributed by atoms with Crippen LogP contribution < -0.4 is 10.2 Å². The first kappa shape index (κ1) is 13.8. The molecule has 0 spiro atoms. The molecule has 0 saturated carbocycles. The topological polar surface area (TPSA) is 44.3 Å². The molecule has 1 N–H and O–H groups in total. The van der Waals surface area contributed by atoms with Gasteiger partial charge in [0.1, 0.15) is 0 Å². The Hall–Kier alpha value is -1.20. The Balaban J connectivity index is 1.66. The molecule has 2 unspecified atom stereocenters. The minimum Gasteiger partial charge on any atom is -0.340 e. The number of piperidine rings is 2. The number of likely N-dealkylation sites (tertiary alicyclic amines) is 1. The Morgan fingerprint density at radius 2 is 2.05 bits per heavy atom. The fourth-order valence-electron chi connectivity index (χ4n) is 3.64. The van der Waals surface area contributed by atoms with E-state index in [1.165, 1.54) is 25.8 Å². The third-order valence-corrected chi connectivity index (χ3v) is 4.70. The van der Waals surface area contributed by atoms with E-state index in [9.17, 15) is 0 Å². The first-order chi connectivity index (χ1) is 9.78. The van der Waals surface area contributed by atoms with Gasteiger partial charge in [-0.2, -0.15) is 0 Å². The van der Waals surface area contributed by atoms with Crippen LogP contribution in [0, 0.1) is 5.92 Å². The molecule has 5 heteroatoms. The normalized spacial score (nSPS) is 27.4. The zero-order valence-electron chi connectivity index (χ0n) is 12.5. The van der Waals surface area contributed by atoms with Gasteiger partial charge in [-0.05, 0) is 45.8 Å². The van der Waals surface area contributed by atoms with Crippen LogP contribution >= 0.6 is 0 Å². The summed E-state index contributed by atoms with van der Waals surface area (Å²) in [4.78, 5) is 14.0. The van der Waals surface area contributed by atoms with Gasteiger partial charge in [0.25, 0.3) is 0 Å². The number of rotatable bonds is 3. The van der Waals surface area contributed by atoms with Crippen molar-refractivity contribution in [3.05, 3.63) is 18.0 Å². The third kappa shape index (κ3) is 2.79. The van der Waals surface area contributed by atoms with E-state index in [0.717, 1.165) is 43.1 Å². The zero-order valence-corrected chi connectivity index (χ0v) is 12.5. The van der Waals surface area contributed by atoms with E-state index in [1.54, 1.807) is 0 Å². The second-order valence-electron chi connectivity index (χ2n) is 6.11. The van der Waals surface area contributed by atoms with E-state index in [4.69, 9.17) is 0 Å². The standard InChI is InChI=1S/C15H25N5/c1-16-8-12-9-17-15(18-10-12)20-7-5-14-13(11-20)4-3-6-19(14)2/h9-10,13-14,16H,3-8,11H2,1-2H3. The minimum absolute atomic E-state index is 0.767. The quantitative estimate of drug-likeness (QED) is 0.895. The summed E-state index contributed by atoms with van der Waals surface area (Å²) < 4.78 is 0. The van der Waals surface area contributed by atoms with Crippen LogP contribution in [0.15, 0.2) is 12.4 Å². The molecular formula is C15H25N5. The van der Waals surface area contributed by atoms with Gasteiger partial charge in [0, 0.05) is 43.6 Å². The number of anilines is 1. The molecule has 0 bridgehead atoms. The fourth-order valence-corrected chi connectivity index (χ4v) is 3.64. The summed E-state index contributed by atoms with van der Waals surface area (Å²) in [6.45, 7) is 4.28. The molecule has 2 aliphatic rings. The van der Waals surface area contributed by atoms with Gasteiger partial charge >= 0.3 is 0 Å². The van der Waals surface area contributed by atoms with E-state index in [2.05, 4.69) is 32.1 Å². The van der Waals surface area contributed by atoms with Crippen molar-refractivity contribution in [1.29, 1.82) is 0 Å². The lowest BCUT2D eigenvalue weighted by atomic mass is 9.84. The van der Waals surface area contributed by atoms with Crippen molar-refractivity contribution in [2.45, 2.75) is 31.8 Å². The van der Waals surface area contributed by atoms with Gasteiger partial charge < -0.3 is 15.1 Å². The second kappa shape index (κ2) is 6.06. The Morgan fingerprint density at radius 1 is 1.25 bits per heavy atom. The Kier molecular flexibility index (Phi) is 4.17. The summed E-state index contributed by atoms with van der Waals surface area (Å²) in [5, 5.41) is 3.13. The molecule has 2 fully saturated rings. The predicted octanol–water partition coefficient (Wildman–Crippen LogP) is 1.12. The molecular weight excluding hydrogens is 250 g/mol. The lowest BCUT2D eigenvalue weighted by Gasteiger charge is -2.45. The number of aromatic nitrogens is 2. The number of nitrogens with zero attached hydrogens (tertiary/aromatic N) is 4. The van der Waals surface area contributed by atoms with Crippen molar-refractivity contribution >= 4 is 5.95 Å². The van der Waals surface area contributed by atoms with Crippen molar-refractivity contribution in [3.8, 4) is 0 Å². The second-order valence-corrected chi connectivity index (χ2v) is 6.11. The molecule has 0 radical (unpaired) electrons. The summed E-state index contributed by atoms with van der Waals surface area (Å²) in [5.74, 6) is 1.68. The Morgan fingerprint density at radius 3 is 2.80 bits per heavy atom. The highest BCUT2D eigenvalue weighted by atomic mass is 15.3. The molecule has 1 aromatic rings. The molecule has 2 aliphatic heterocycles. The molecule has 5 nitrogen and oxygen atoms in total. The summed E-state index contributed by atoms with van der Waals surface area (Å²) in [5.41, 5.74) is 1.14. The molecule has 3 heterocycles. The molecule has 3 rings (SSSR count). The van der Waals surface area contributed by atoms with Crippen molar-refractivity contribution in [1.82, 2.24) is 20.2 Å². The van der Waals surface area contributed by atoms with Crippen LogP contribution in [0.1, 0.15) is 24.8 Å². The van der Waals surface area contributed by atoms with Crippen molar-refractivity contribution < 1.29 is 0 Å². The van der Waals surface area contributed by atoms with Crippen molar-refractivity contribution in [3.63, 3.8) is 0 Å². The van der Waals surface area contributed by atoms with Gasteiger partial charge in [0.15, 0.2) is 0 Å². The highest BCUT2D eigenvalue weighted by Crippen LogP contribution is 2.30. The van der Waals surface area contributed by atoms with Crippen LogP contribution in [0.3, 0.4) is 0 Å². The van der Waals surface area contributed by atoms with E-state index in [0.29, 0.717) is 0 Å². The molecule has 2 atom stereocenters. The number of hydrogen-bond donors (Lipinski definition) is 1. The van der Waals surface area contributed by atoms with Gasteiger partial charge in [-0.3, -0.25) is 0 Å². The van der Waals surface area contributed by atoms with Gasteiger partial charge in [0.05, 0.1) is 0 Å². The Labute approximate surface area is 121 Å². The average Bonchev–Trinajstić information content (AvgIpc) is 2.48. The zero-order chi connectivity index (χ0) is 13.9. The summed E-state index contributed by atoms with van der Waals surface area (Å²) in [6.07, 6.45) is 7.80. The van der Waals surface area contributed by atoms with E-state index < -0.39 is 0 Å². The van der Waals surface area contributed by atoms with E-state index in [-0.39, 0.29) is 0 Å². The lowest BCUT2D eigenvalue weighted by Crippen LogP contribution is -2.53. The molecule has 1 aromatic heterocycles. The largest absolute Gasteiger partial charge is 0.340 e. The number of hydrogen-bond acceptors (Lipinski definition) is 5. The van der Waals surface area contributed by atoms with E-state index in [1.807, 2.05) is 19.4 Å². The van der Waals surface area contributed by atoms with Gasteiger partial charge in [-0.15, -0.1) is 0 Å². The summed E-state index contributed by atoms with van der Waals surface area (Å²) in [7, 11) is 4.22. The predicted molar refractivity (Wildman–Crippen MR) is 80.8 cm³/mol. The van der Waals surface area contributed by atoms with Crippen LogP contribution in [0.5, 0.6) is 0 Å². The van der Waals surface area contributed by atoms with Crippen molar-refractivity contribution in [2.75, 3.05) is 38.6 Å². The van der Waals surface area contributed by atoms with Crippen LogP contribution in [0.4, 0.5) is 5.95 Å². The smallest absolute Gasteiger partial charge is 0.225 e. The third-order valence-electron chi connectivity index (χ3n) is 4.70. The van der Waals surface area contributed by atoms with Gasteiger partial charge in [-0.25, -0.2) is 9.97 Å². The number of fused-ring (bicyclic) bond motifs is 1. The number of nitrogens with one attached hydrogen (secondary N) is 1. The molecule has 20 heavy (non-hydrogen) atoms. The van der Waals surface area contributed by atoms with Gasteiger partial charge in [0.2, 0.25) is 5.95 Å². The van der Waals surface area contributed by atoms with Crippen LogP contribution in [0.25, 0.3) is 0 Å². The molecule has 110 valence electrons. The molecule has 2 saturated heterocycles. The summed E-state index contributed by atoms with van der Waals surface area (Å²) in [6, 6.07) is 0.767. The molecule has 0 aliphatic carbocycles. The first-order valence-electron chi connectivity index (χ1n) is 7.68. The highest BCUT2D eigenvalue weighted by Gasteiger charge is 2.34. The minimum atomic E-state index is 0.767. The Bertz CT molecular complexity index is 432.